The number of aromatic nitrogens is 2. The van der Waals surface area contributed by atoms with Crippen LogP contribution in [0.25, 0.3) is 21.7 Å². The largest absolute Gasteiger partial charge is 0.396 e. The van der Waals surface area contributed by atoms with Gasteiger partial charge in [-0.1, -0.05) is 35.4 Å². The number of hydrogen-bond acceptors (Lipinski definition) is 3. The average molecular weight is 229 g/mol. The van der Waals surface area contributed by atoms with Crippen molar-refractivity contribution in [2.45, 2.75) is 6.04 Å². The molecule has 2 N–H and O–H groups in total. The van der Waals surface area contributed by atoms with Gasteiger partial charge in [0.05, 0.1) is 12.3 Å². The first-order chi connectivity index (χ1) is 8.35. The predicted octanol–water partition coefficient (Wildman–Crippen LogP) is 2.42. The summed E-state index contributed by atoms with van der Waals surface area (Å²) in [5, 5.41) is 19.4. The van der Waals surface area contributed by atoms with Gasteiger partial charge in [-0.05, 0) is 11.6 Å². The van der Waals surface area contributed by atoms with Gasteiger partial charge in [0.2, 0.25) is 0 Å². The Kier molecular flexibility index (Phi) is 3.40. The molecule has 1 aromatic carbocycles. The van der Waals surface area contributed by atoms with Crippen molar-refractivity contribution in [3.05, 3.63) is 52.5 Å². The molecule has 0 amide bonds. The second kappa shape index (κ2) is 5.16. The minimum atomic E-state index is -0.620. The second-order valence-corrected chi connectivity index (χ2v) is 3.48. The molecule has 6 heteroatoms. The average Bonchev–Trinajstić information content (AvgIpc) is 2.86. The number of nitrogens with one attached hydrogen (secondary N) is 1. The Morgan fingerprint density at radius 2 is 2.18 bits per heavy atom. The number of benzene rings is 1. The molecular formula is C11H11N5O. The summed E-state index contributed by atoms with van der Waals surface area (Å²) in [4.78, 5) is 2.68. The molecule has 0 saturated carbocycles. The topological polar surface area (TPSA) is 97.7 Å². The molecule has 0 aliphatic carbocycles. The van der Waals surface area contributed by atoms with Gasteiger partial charge in [-0.15, -0.1) is 0 Å². The first-order valence-electron chi connectivity index (χ1n) is 5.11. The number of H-pyrrole nitrogens is 1. The first kappa shape index (κ1) is 11.2. The summed E-state index contributed by atoms with van der Waals surface area (Å²) in [6.07, 6.45) is 0. The highest BCUT2D eigenvalue weighted by Gasteiger charge is 2.12. The summed E-state index contributed by atoms with van der Waals surface area (Å²) in [6, 6.07) is 10.8. The third-order valence-corrected chi connectivity index (χ3v) is 2.39. The van der Waals surface area contributed by atoms with Gasteiger partial charge in [0.25, 0.3) is 0 Å². The van der Waals surface area contributed by atoms with E-state index in [2.05, 4.69) is 20.2 Å². The Bertz CT molecular complexity index is 530. The van der Waals surface area contributed by atoms with Crippen molar-refractivity contribution in [2.24, 2.45) is 5.11 Å². The lowest BCUT2D eigenvalue weighted by Gasteiger charge is -2.01. The lowest BCUT2D eigenvalue weighted by Crippen LogP contribution is -2.00. The Hall–Kier alpha value is -2.30. The molecule has 0 fully saturated rings. The number of azide groups is 1. The van der Waals surface area contributed by atoms with Gasteiger partial charge in [-0.3, -0.25) is 5.10 Å². The van der Waals surface area contributed by atoms with Crippen molar-refractivity contribution in [2.75, 3.05) is 6.61 Å². The van der Waals surface area contributed by atoms with Crippen molar-refractivity contribution in [1.29, 1.82) is 0 Å². The van der Waals surface area contributed by atoms with Crippen LogP contribution in [0.2, 0.25) is 0 Å². The molecule has 0 radical (unpaired) electrons. The quantitative estimate of drug-likeness (QED) is 0.478. The monoisotopic (exact) mass is 229 g/mol. The Labute approximate surface area is 97.5 Å². The molecule has 1 aromatic heterocycles. The molecule has 2 rings (SSSR count). The minimum Gasteiger partial charge on any atom is -0.396 e. The van der Waals surface area contributed by atoms with E-state index < -0.39 is 6.04 Å². The predicted molar refractivity (Wildman–Crippen MR) is 63.0 cm³/mol. The van der Waals surface area contributed by atoms with E-state index in [-0.39, 0.29) is 6.61 Å². The Morgan fingerprint density at radius 3 is 2.82 bits per heavy atom. The molecule has 0 bridgehead atoms. The van der Waals surface area contributed by atoms with E-state index in [0.29, 0.717) is 5.69 Å². The van der Waals surface area contributed by atoms with Crippen LogP contribution in [-0.4, -0.2) is 21.9 Å². The molecule has 2 aromatic rings. The number of hydrogen-bond donors (Lipinski definition) is 2. The van der Waals surface area contributed by atoms with Gasteiger partial charge in [0.15, 0.2) is 0 Å². The molecule has 0 aliphatic rings. The maximum Gasteiger partial charge on any atom is 0.102 e. The third kappa shape index (κ3) is 2.44. The molecular weight excluding hydrogens is 218 g/mol. The third-order valence-electron chi connectivity index (χ3n) is 2.39. The first-order valence-corrected chi connectivity index (χ1v) is 5.11. The normalized spacial score (nSPS) is 11.8. The van der Waals surface area contributed by atoms with E-state index in [1.54, 1.807) is 6.07 Å². The highest BCUT2D eigenvalue weighted by molar-refractivity contribution is 5.59. The van der Waals surface area contributed by atoms with Gasteiger partial charge >= 0.3 is 0 Å². The van der Waals surface area contributed by atoms with Gasteiger partial charge in [0.1, 0.15) is 6.04 Å². The smallest absolute Gasteiger partial charge is 0.102 e. The van der Waals surface area contributed by atoms with E-state index in [1.165, 1.54) is 0 Å². The summed E-state index contributed by atoms with van der Waals surface area (Å²) in [6.45, 7) is -0.250. The maximum absolute atomic E-state index is 9.08. The van der Waals surface area contributed by atoms with Crippen LogP contribution in [0.4, 0.5) is 0 Å². The highest BCUT2D eigenvalue weighted by atomic mass is 16.3. The molecule has 1 atom stereocenters. The van der Waals surface area contributed by atoms with Gasteiger partial charge in [0, 0.05) is 16.2 Å². The van der Waals surface area contributed by atoms with Crippen LogP contribution < -0.4 is 0 Å². The van der Waals surface area contributed by atoms with Crippen molar-refractivity contribution in [3.8, 4) is 11.3 Å². The van der Waals surface area contributed by atoms with Gasteiger partial charge in [-0.25, -0.2) is 0 Å². The lowest BCUT2D eigenvalue weighted by molar-refractivity contribution is 0.265. The van der Waals surface area contributed by atoms with Crippen LogP contribution in [-0.2, 0) is 0 Å². The van der Waals surface area contributed by atoms with Crippen LogP contribution in [0.5, 0.6) is 0 Å². The number of rotatable bonds is 4. The zero-order valence-corrected chi connectivity index (χ0v) is 8.98. The van der Waals surface area contributed by atoms with Crippen LogP contribution in [0, 0.1) is 0 Å². The Balaban J connectivity index is 2.30. The summed E-state index contributed by atoms with van der Waals surface area (Å²) < 4.78 is 0. The molecule has 0 saturated heterocycles. The van der Waals surface area contributed by atoms with Gasteiger partial charge < -0.3 is 5.11 Å². The minimum absolute atomic E-state index is 0.250. The number of aliphatic hydroxyl groups excluding tert-OH is 1. The zero-order chi connectivity index (χ0) is 12.1. The summed E-state index contributed by atoms with van der Waals surface area (Å²) in [5.41, 5.74) is 10.7. The van der Waals surface area contributed by atoms with Gasteiger partial charge in [-0.2, -0.15) is 5.10 Å². The molecule has 1 unspecified atom stereocenters. The van der Waals surface area contributed by atoms with Crippen LogP contribution in [0.3, 0.4) is 0 Å². The fourth-order valence-electron chi connectivity index (χ4n) is 1.52. The Morgan fingerprint density at radius 1 is 1.41 bits per heavy atom. The molecule has 17 heavy (non-hydrogen) atoms. The van der Waals surface area contributed by atoms with Crippen LogP contribution in [0.15, 0.2) is 41.5 Å². The zero-order valence-electron chi connectivity index (χ0n) is 8.98. The van der Waals surface area contributed by atoms with E-state index >= 15 is 0 Å². The summed E-state index contributed by atoms with van der Waals surface area (Å²) in [7, 11) is 0. The molecule has 0 aliphatic heterocycles. The van der Waals surface area contributed by atoms with Crippen molar-refractivity contribution >= 4 is 0 Å². The molecule has 86 valence electrons. The van der Waals surface area contributed by atoms with Crippen LogP contribution in [0.1, 0.15) is 11.7 Å². The number of aliphatic hydroxyl groups is 1. The van der Waals surface area contributed by atoms with Crippen molar-refractivity contribution in [1.82, 2.24) is 10.2 Å². The van der Waals surface area contributed by atoms with Crippen molar-refractivity contribution in [3.63, 3.8) is 0 Å². The second-order valence-electron chi connectivity index (χ2n) is 3.48. The fraction of sp³-hybridized carbons (Fsp3) is 0.182. The number of aromatic amines is 1. The van der Waals surface area contributed by atoms with E-state index in [1.807, 2.05) is 30.3 Å². The van der Waals surface area contributed by atoms with Crippen LogP contribution >= 0.6 is 0 Å². The standard InChI is InChI=1S/C11H11N5O/c12-16-15-11(7-17)10-6-9(13-14-10)8-4-2-1-3-5-8/h1-6,11,17H,7H2,(H,13,14). The highest BCUT2D eigenvalue weighted by Crippen LogP contribution is 2.21. The molecule has 1 heterocycles. The summed E-state index contributed by atoms with van der Waals surface area (Å²) in [5.74, 6) is 0. The summed E-state index contributed by atoms with van der Waals surface area (Å²) >= 11 is 0. The number of nitrogens with zero attached hydrogens (tertiary/aromatic N) is 4. The fourth-order valence-corrected chi connectivity index (χ4v) is 1.52. The van der Waals surface area contributed by atoms with E-state index in [9.17, 15) is 0 Å². The SMILES string of the molecule is [N-]=[N+]=NC(CO)c1cc(-c2ccccc2)n[nH]1. The maximum atomic E-state index is 9.08. The molecule has 0 spiro atoms. The molecule has 6 nitrogen and oxygen atoms in total. The lowest BCUT2D eigenvalue weighted by atomic mass is 10.1. The van der Waals surface area contributed by atoms with E-state index in [4.69, 9.17) is 10.6 Å². The van der Waals surface area contributed by atoms with Crippen molar-refractivity contribution < 1.29 is 5.11 Å². The van der Waals surface area contributed by atoms with E-state index in [0.717, 1.165) is 11.3 Å².